The molecule has 1 amide bonds. The molecular weight excluding hydrogens is 226 g/mol. The molecule has 0 heterocycles. The van der Waals surface area contributed by atoms with Crippen molar-refractivity contribution in [2.24, 2.45) is 5.41 Å². The van der Waals surface area contributed by atoms with E-state index in [1.165, 1.54) is 11.1 Å². The van der Waals surface area contributed by atoms with E-state index in [0.29, 0.717) is 13.2 Å². The Hall–Kier alpha value is -1.35. The van der Waals surface area contributed by atoms with Gasteiger partial charge in [-0.3, -0.25) is 4.79 Å². The third kappa shape index (κ3) is 3.10. The summed E-state index contributed by atoms with van der Waals surface area (Å²) in [4.78, 5) is 11.5. The van der Waals surface area contributed by atoms with Crippen LogP contribution in [0.25, 0.3) is 0 Å². The summed E-state index contributed by atoms with van der Waals surface area (Å²) < 4.78 is 5.09. The van der Waals surface area contributed by atoms with Gasteiger partial charge in [-0.05, 0) is 36.3 Å². The molecule has 3 nitrogen and oxygen atoms in total. The Balaban J connectivity index is 1.86. The quantitative estimate of drug-likeness (QED) is 0.863. The molecule has 1 aromatic carbocycles. The number of nitrogens with one attached hydrogen (secondary N) is 1. The predicted molar refractivity (Wildman–Crippen MR) is 71.5 cm³/mol. The van der Waals surface area contributed by atoms with Crippen molar-refractivity contribution in [3.05, 3.63) is 35.4 Å². The summed E-state index contributed by atoms with van der Waals surface area (Å²) in [5, 5.41) is 2.97. The van der Waals surface area contributed by atoms with Gasteiger partial charge in [0.25, 0.3) is 0 Å². The SMILES string of the molecule is CCOCC(=O)NCC1(C)Cc2ccccc2C1. The molecule has 2 rings (SSSR count). The first kappa shape index (κ1) is 13.1. The standard InChI is InChI=1S/C15H21NO2/c1-3-18-10-14(17)16-11-15(2)8-12-6-4-5-7-13(12)9-15/h4-7H,3,8-11H2,1-2H3,(H,16,17). The van der Waals surface area contributed by atoms with Gasteiger partial charge in [-0.25, -0.2) is 0 Å². The zero-order valence-corrected chi connectivity index (χ0v) is 11.2. The van der Waals surface area contributed by atoms with E-state index in [9.17, 15) is 4.79 Å². The molecule has 1 aliphatic rings. The molecule has 0 unspecified atom stereocenters. The molecule has 0 aromatic heterocycles. The van der Waals surface area contributed by atoms with Crippen LogP contribution in [0.3, 0.4) is 0 Å². The fourth-order valence-electron chi connectivity index (χ4n) is 2.57. The van der Waals surface area contributed by atoms with Gasteiger partial charge in [0.1, 0.15) is 6.61 Å². The minimum absolute atomic E-state index is 0.0194. The van der Waals surface area contributed by atoms with Crippen molar-refractivity contribution in [1.29, 1.82) is 0 Å². The van der Waals surface area contributed by atoms with Gasteiger partial charge in [0.05, 0.1) is 0 Å². The number of carbonyl (C=O) groups is 1. The lowest BCUT2D eigenvalue weighted by molar-refractivity contribution is -0.126. The van der Waals surface area contributed by atoms with Crippen molar-refractivity contribution in [2.45, 2.75) is 26.7 Å². The molecule has 0 saturated carbocycles. The summed E-state index contributed by atoms with van der Waals surface area (Å²) >= 11 is 0. The van der Waals surface area contributed by atoms with Gasteiger partial charge in [-0.2, -0.15) is 0 Å². The largest absolute Gasteiger partial charge is 0.372 e. The third-order valence-electron chi connectivity index (χ3n) is 3.50. The number of amides is 1. The van der Waals surface area contributed by atoms with Crippen molar-refractivity contribution in [2.75, 3.05) is 19.8 Å². The highest BCUT2D eigenvalue weighted by Gasteiger charge is 2.32. The van der Waals surface area contributed by atoms with Crippen molar-refractivity contribution >= 4 is 5.91 Å². The Bertz CT molecular complexity index is 403. The molecule has 18 heavy (non-hydrogen) atoms. The fraction of sp³-hybridized carbons (Fsp3) is 0.533. The maximum Gasteiger partial charge on any atom is 0.246 e. The van der Waals surface area contributed by atoms with Crippen molar-refractivity contribution < 1.29 is 9.53 Å². The number of benzene rings is 1. The summed E-state index contributed by atoms with van der Waals surface area (Å²) in [6.45, 7) is 5.58. The highest BCUT2D eigenvalue weighted by atomic mass is 16.5. The second-order valence-electron chi connectivity index (χ2n) is 5.35. The minimum atomic E-state index is -0.0194. The molecule has 98 valence electrons. The van der Waals surface area contributed by atoms with E-state index in [1.54, 1.807) is 0 Å². The lowest BCUT2D eigenvalue weighted by atomic mass is 9.87. The highest BCUT2D eigenvalue weighted by Crippen LogP contribution is 2.35. The average molecular weight is 247 g/mol. The molecule has 3 heteroatoms. The van der Waals surface area contributed by atoms with Gasteiger partial charge in [0.15, 0.2) is 0 Å². The van der Waals surface area contributed by atoms with Gasteiger partial charge in [0.2, 0.25) is 5.91 Å². The van der Waals surface area contributed by atoms with Crippen LogP contribution in [0.1, 0.15) is 25.0 Å². The third-order valence-corrected chi connectivity index (χ3v) is 3.50. The molecule has 0 bridgehead atoms. The maximum atomic E-state index is 11.5. The summed E-state index contributed by atoms with van der Waals surface area (Å²) in [6, 6.07) is 8.53. The lowest BCUT2D eigenvalue weighted by Gasteiger charge is -2.23. The van der Waals surface area contributed by atoms with Gasteiger partial charge < -0.3 is 10.1 Å². The van der Waals surface area contributed by atoms with Crippen LogP contribution in [0, 0.1) is 5.41 Å². The van der Waals surface area contributed by atoms with Crippen molar-refractivity contribution in [3.8, 4) is 0 Å². The van der Waals surface area contributed by atoms with Gasteiger partial charge >= 0.3 is 0 Å². The summed E-state index contributed by atoms with van der Waals surface area (Å²) in [5.74, 6) is -0.0194. The van der Waals surface area contributed by atoms with Crippen molar-refractivity contribution in [3.63, 3.8) is 0 Å². The first-order valence-electron chi connectivity index (χ1n) is 6.54. The zero-order chi connectivity index (χ0) is 13.0. The number of hydrogen-bond donors (Lipinski definition) is 1. The highest BCUT2D eigenvalue weighted by molar-refractivity contribution is 5.77. The van der Waals surface area contributed by atoms with Crippen LogP contribution in [0.5, 0.6) is 0 Å². The molecule has 0 aliphatic heterocycles. The normalized spacial score (nSPS) is 16.3. The molecule has 1 aliphatic carbocycles. The topological polar surface area (TPSA) is 38.3 Å². The van der Waals surface area contributed by atoms with E-state index in [0.717, 1.165) is 12.8 Å². The second kappa shape index (κ2) is 5.53. The first-order valence-corrected chi connectivity index (χ1v) is 6.54. The van der Waals surface area contributed by atoms with Crippen LogP contribution in [-0.4, -0.2) is 25.7 Å². The van der Waals surface area contributed by atoms with E-state index in [1.807, 2.05) is 6.92 Å². The number of rotatable bonds is 5. The Morgan fingerprint density at radius 3 is 2.50 bits per heavy atom. The first-order chi connectivity index (χ1) is 8.63. The van der Waals surface area contributed by atoms with Crippen LogP contribution in [0.15, 0.2) is 24.3 Å². The summed E-state index contributed by atoms with van der Waals surface area (Å²) in [7, 11) is 0. The van der Waals surface area contributed by atoms with Crippen LogP contribution in [0.4, 0.5) is 0 Å². The lowest BCUT2D eigenvalue weighted by Crippen LogP contribution is -2.38. The van der Waals surface area contributed by atoms with Gasteiger partial charge in [0, 0.05) is 13.2 Å². The van der Waals surface area contributed by atoms with E-state index < -0.39 is 0 Å². The fourth-order valence-corrected chi connectivity index (χ4v) is 2.57. The van der Waals surface area contributed by atoms with Crippen LogP contribution in [-0.2, 0) is 22.4 Å². The molecule has 0 fully saturated rings. The Labute approximate surface area is 109 Å². The molecule has 0 spiro atoms. The maximum absolute atomic E-state index is 11.5. The summed E-state index contributed by atoms with van der Waals surface area (Å²) in [5.41, 5.74) is 2.98. The zero-order valence-electron chi connectivity index (χ0n) is 11.2. The van der Waals surface area contributed by atoms with Gasteiger partial charge in [-0.1, -0.05) is 31.2 Å². The number of fused-ring (bicyclic) bond motifs is 1. The van der Waals surface area contributed by atoms with Crippen molar-refractivity contribution in [1.82, 2.24) is 5.32 Å². The van der Waals surface area contributed by atoms with Crippen LogP contribution >= 0.6 is 0 Å². The average Bonchev–Trinajstić information content (AvgIpc) is 2.70. The molecule has 1 N–H and O–H groups in total. The Morgan fingerprint density at radius 2 is 1.94 bits per heavy atom. The van der Waals surface area contributed by atoms with E-state index in [2.05, 4.69) is 36.5 Å². The van der Waals surface area contributed by atoms with E-state index >= 15 is 0 Å². The Kier molecular flexibility index (Phi) is 4.02. The summed E-state index contributed by atoms with van der Waals surface area (Å²) in [6.07, 6.45) is 2.08. The van der Waals surface area contributed by atoms with Crippen LogP contribution < -0.4 is 5.32 Å². The number of ether oxygens (including phenoxy) is 1. The molecule has 1 aromatic rings. The minimum Gasteiger partial charge on any atom is -0.372 e. The predicted octanol–water partition coefficient (Wildman–Crippen LogP) is 1.94. The number of hydrogen-bond acceptors (Lipinski definition) is 2. The molecular formula is C15H21NO2. The molecule has 0 atom stereocenters. The van der Waals surface area contributed by atoms with E-state index in [-0.39, 0.29) is 17.9 Å². The van der Waals surface area contributed by atoms with E-state index in [4.69, 9.17) is 4.74 Å². The smallest absolute Gasteiger partial charge is 0.246 e. The molecule has 0 radical (unpaired) electrons. The number of carbonyl (C=O) groups excluding carboxylic acids is 1. The van der Waals surface area contributed by atoms with Gasteiger partial charge in [-0.15, -0.1) is 0 Å². The second-order valence-corrected chi connectivity index (χ2v) is 5.35. The molecule has 0 saturated heterocycles. The van der Waals surface area contributed by atoms with Crippen LogP contribution in [0.2, 0.25) is 0 Å². The Morgan fingerprint density at radius 1 is 1.33 bits per heavy atom. The monoisotopic (exact) mass is 247 g/mol.